The van der Waals surface area contributed by atoms with Gasteiger partial charge in [0.25, 0.3) is 0 Å². The Hall–Kier alpha value is -0.840. The summed E-state index contributed by atoms with van der Waals surface area (Å²) < 4.78 is 0.955. The number of aromatic nitrogens is 2. The molecule has 15 heavy (non-hydrogen) atoms. The summed E-state index contributed by atoms with van der Waals surface area (Å²) in [6.07, 6.45) is 5.66. The molecule has 0 radical (unpaired) electrons. The molecule has 1 N–H and O–H groups in total. The van der Waals surface area contributed by atoms with Crippen LogP contribution in [0.1, 0.15) is 19.3 Å². The first-order valence-electron chi connectivity index (χ1n) is 5.15. The molecular formula is C10H15BrN4. The topological polar surface area (TPSA) is 41.1 Å². The van der Waals surface area contributed by atoms with E-state index in [-0.39, 0.29) is 0 Å². The molecular weight excluding hydrogens is 256 g/mol. The van der Waals surface area contributed by atoms with Crippen molar-refractivity contribution in [1.29, 1.82) is 0 Å². The van der Waals surface area contributed by atoms with E-state index in [1.54, 1.807) is 6.20 Å². The Labute approximate surface area is 98.2 Å². The summed E-state index contributed by atoms with van der Waals surface area (Å²) >= 11 is 3.49. The zero-order valence-electron chi connectivity index (χ0n) is 9.00. The SMILES string of the molecule is CNc1ncc(Br)c(N(C)C2CCC2)n1. The second-order valence-electron chi connectivity index (χ2n) is 3.81. The molecule has 1 aliphatic carbocycles. The molecule has 0 saturated heterocycles. The Balaban J connectivity index is 2.24. The molecule has 0 atom stereocenters. The fraction of sp³-hybridized carbons (Fsp3) is 0.600. The van der Waals surface area contributed by atoms with Crippen molar-refractivity contribution in [2.24, 2.45) is 0 Å². The zero-order chi connectivity index (χ0) is 10.8. The van der Waals surface area contributed by atoms with Crippen LogP contribution in [0.4, 0.5) is 11.8 Å². The predicted molar refractivity (Wildman–Crippen MR) is 65.3 cm³/mol. The Morgan fingerprint density at radius 1 is 1.53 bits per heavy atom. The van der Waals surface area contributed by atoms with Gasteiger partial charge in [-0.2, -0.15) is 4.98 Å². The zero-order valence-corrected chi connectivity index (χ0v) is 10.6. The van der Waals surface area contributed by atoms with E-state index in [1.807, 2.05) is 7.05 Å². The summed E-state index contributed by atoms with van der Waals surface area (Å²) in [5.41, 5.74) is 0. The van der Waals surface area contributed by atoms with E-state index >= 15 is 0 Å². The van der Waals surface area contributed by atoms with E-state index in [0.717, 1.165) is 10.3 Å². The predicted octanol–water partition coefficient (Wildman–Crippen LogP) is 2.27. The molecule has 1 heterocycles. The number of hydrogen-bond acceptors (Lipinski definition) is 4. The fourth-order valence-electron chi connectivity index (χ4n) is 1.67. The monoisotopic (exact) mass is 270 g/mol. The van der Waals surface area contributed by atoms with Gasteiger partial charge in [0, 0.05) is 26.3 Å². The highest BCUT2D eigenvalue weighted by Gasteiger charge is 2.24. The van der Waals surface area contributed by atoms with Crippen LogP contribution in [-0.4, -0.2) is 30.1 Å². The van der Waals surface area contributed by atoms with Crippen LogP contribution in [0.15, 0.2) is 10.7 Å². The van der Waals surface area contributed by atoms with E-state index in [0.29, 0.717) is 12.0 Å². The van der Waals surface area contributed by atoms with Gasteiger partial charge < -0.3 is 10.2 Å². The molecule has 1 aromatic heterocycles. The van der Waals surface area contributed by atoms with Crippen LogP contribution < -0.4 is 10.2 Å². The lowest BCUT2D eigenvalue weighted by molar-refractivity contribution is 0.399. The van der Waals surface area contributed by atoms with E-state index < -0.39 is 0 Å². The third-order valence-corrected chi connectivity index (χ3v) is 3.47. The van der Waals surface area contributed by atoms with Crippen molar-refractivity contribution in [3.63, 3.8) is 0 Å². The molecule has 1 saturated carbocycles. The summed E-state index contributed by atoms with van der Waals surface area (Å²) in [7, 11) is 3.92. The number of rotatable bonds is 3. The summed E-state index contributed by atoms with van der Waals surface area (Å²) in [6.45, 7) is 0. The van der Waals surface area contributed by atoms with Crippen LogP contribution in [-0.2, 0) is 0 Å². The Bertz CT molecular complexity index is 351. The second kappa shape index (κ2) is 4.35. The molecule has 0 aromatic carbocycles. The van der Waals surface area contributed by atoms with Crippen molar-refractivity contribution in [3.05, 3.63) is 10.7 Å². The molecule has 0 amide bonds. The normalized spacial score (nSPS) is 15.9. The molecule has 2 rings (SSSR count). The maximum absolute atomic E-state index is 4.45. The van der Waals surface area contributed by atoms with Crippen LogP contribution in [0.25, 0.3) is 0 Å². The molecule has 0 spiro atoms. The van der Waals surface area contributed by atoms with Gasteiger partial charge in [-0.25, -0.2) is 4.98 Å². The quantitative estimate of drug-likeness (QED) is 0.915. The summed E-state index contributed by atoms with van der Waals surface area (Å²) in [5, 5.41) is 2.95. The number of nitrogens with zero attached hydrogens (tertiary/aromatic N) is 3. The highest BCUT2D eigenvalue weighted by Crippen LogP contribution is 2.31. The second-order valence-corrected chi connectivity index (χ2v) is 4.67. The van der Waals surface area contributed by atoms with Crippen LogP contribution in [0.3, 0.4) is 0 Å². The molecule has 0 bridgehead atoms. The molecule has 1 aromatic rings. The minimum absolute atomic E-state index is 0.640. The highest BCUT2D eigenvalue weighted by molar-refractivity contribution is 9.10. The first-order valence-corrected chi connectivity index (χ1v) is 5.95. The Morgan fingerprint density at radius 3 is 2.80 bits per heavy atom. The average Bonchev–Trinajstić information content (AvgIpc) is 2.15. The minimum atomic E-state index is 0.640. The molecule has 5 heteroatoms. The lowest BCUT2D eigenvalue weighted by atomic mass is 9.92. The first kappa shape index (κ1) is 10.7. The van der Waals surface area contributed by atoms with E-state index in [2.05, 4.69) is 43.2 Å². The van der Waals surface area contributed by atoms with Crippen molar-refractivity contribution in [2.45, 2.75) is 25.3 Å². The number of hydrogen-bond donors (Lipinski definition) is 1. The number of nitrogens with one attached hydrogen (secondary N) is 1. The van der Waals surface area contributed by atoms with Crippen molar-refractivity contribution in [1.82, 2.24) is 9.97 Å². The summed E-state index contributed by atoms with van der Waals surface area (Å²) in [5.74, 6) is 1.64. The molecule has 1 fully saturated rings. The van der Waals surface area contributed by atoms with Gasteiger partial charge in [0.1, 0.15) is 5.82 Å². The Kier molecular flexibility index (Phi) is 3.09. The van der Waals surface area contributed by atoms with Gasteiger partial charge in [-0.1, -0.05) is 0 Å². The van der Waals surface area contributed by atoms with Crippen molar-refractivity contribution in [3.8, 4) is 0 Å². The first-order chi connectivity index (χ1) is 7.22. The van der Waals surface area contributed by atoms with Gasteiger partial charge in [-0.05, 0) is 35.2 Å². The van der Waals surface area contributed by atoms with Gasteiger partial charge >= 0.3 is 0 Å². The van der Waals surface area contributed by atoms with E-state index in [1.165, 1.54) is 19.3 Å². The van der Waals surface area contributed by atoms with Crippen LogP contribution in [0.5, 0.6) is 0 Å². The fourth-order valence-corrected chi connectivity index (χ4v) is 2.14. The van der Waals surface area contributed by atoms with Gasteiger partial charge in [0.15, 0.2) is 0 Å². The smallest absolute Gasteiger partial charge is 0.224 e. The lowest BCUT2D eigenvalue weighted by Gasteiger charge is -2.35. The maximum Gasteiger partial charge on any atom is 0.224 e. The molecule has 1 aliphatic rings. The third kappa shape index (κ3) is 2.07. The molecule has 0 aliphatic heterocycles. The summed E-state index contributed by atoms with van der Waals surface area (Å²) in [6, 6.07) is 0.640. The van der Waals surface area contributed by atoms with Crippen LogP contribution in [0, 0.1) is 0 Å². The standard InChI is InChI=1S/C10H15BrN4/c1-12-10-13-6-8(11)9(14-10)15(2)7-4-3-5-7/h6-7H,3-5H2,1-2H3,(H,12,13,14). The average molecular weight is 271 g/mol. The van der Waals surface area contributed by atoms with Crippen molar-refractivity contribution in [2.75, 3.05) is 24.3 Å². The number of halogens is 1. The lowest BCUT2D eigenvalue weighted by Crippen LogP contribution is -2.37. The van der Waals surface area contributed by atoms with Gasteiger partial charge in [-0.15, -0.1) is 0 Å². The molecule has 0 unspecified atom stereocenters. The van der Waals surface area contributed by atoms with E-state index in [4.69, 9.17) is 0 Å². The largest absolute Gasteiger partial charge is 0.357 e. The Morgan fingerprint density at radius 2 is 2.27 bits per heavy atom. The summed E-state index contributed by atoms with van der Waals surface area (Å²) in [4.78, 5) is 10.8. The van der Waals surface area contributed by atoms with Crippen molar-refractivity contribution >= 4 is 27.7 Å². The van der Waals surface area contributed by atoms with Crippen molar-refractivity contribution < 1.29 is 0 Å². The highest BCUT2D eigenvalue weighted by atomic mass is 79.9. The van der Waals surface area contributed by atoms with Crippen LogP contribution in [0.2, 0.25) is 0 Å². The maximum atomic E-state index is 4.45. The molecule has 82 valence electrons. The van der Waals surface area contributed by atoms with Gasteiger partial charge in [0.2, 0.25) is 5.95 Å². The number of anilines is 2. The van der Waals surface area contributed by atoms with Gasteiger partial charge in [-0.3, -0.25) is 0 Å². The molecule has 4 nitrogen and oxygen atoms in total. The minimum Gasteiger partial charge on any atom is -0.357 e. The van der Waals surface area contributed by atoms with Gasteiger partial charge in [0.05, 0.1) is 4.47 Å². The van der Waals surface area contributed by atoms with E-state index in [9.17, 15) is 0 Å². The third-order valence-electron chi connectivity index (χ3n) is 2.91. The van der Waals surface area contributed by atoms with Crippen LogP contribution >= 0.6 is 15.9 Å².